The van der Waals surface area contributed by atoms with E-state index in [4.69, 9.17) is 4.42 Å². The Morgan fingerprint density at radius 2 is 1.83 bits per heavy atom. The number of halogens is 1. The number of hydrogen-bond acceptors (Lipinski definition) is 5. The molecule has 126 valence electrons. The third kappa shape index (κ3) is 4.15. The highest BCUT2D eigenvalue weighted by Gasteiger charge is 2.16. The molecule has 0 aliphatic heterocycles. The van der Waals surface area contributed by atoms with Gasteiger partial charge >= 0.3 is 5.88 Å². The van der Waals surface area contributed by atoms with Gasteiger partial charge in [-0.3, -0.25) is 19.7 Å². The van der Waals surface area contributed by atoms with Crippen LogP contribution in [0.5, 0.6) is 0 Å². The highest BCUT2D eigenvalue weighted by atomic mass is 19.1. The monoisotopic (exact) mass is 335 g/mol. The van der Waals surface area contributed by atoms with Gasteiger partial charge in [-0.05, 0) is 30.7 Å². The second-order valence-corrected chi connectivity index (χ2v) is 4.87. The molecule has 9 heteroatoms. The molecule has 2 rings (SSSR count). The standard InChI is InChI=1S/C15H14FN3O5/c1-9-2-3-10(8-11(9)16)14(20)17-6-7-18-15(21)12-4-5-13(24-12)19(22)23/h2-5,8H,6-7H2,1H3,(H,17,20)(H,18,21). The van der Waals surface area contributed by atoms with Crippen molar-refractivity contribution in [1.29, 1.82) is 0 Å². The lowest BCUT2D eigenvalue weighted by atomic mass is 10.1. The highest BCUT2D eigenvalue weighted by Crippen LogP contribution is 2.15. The zero-order chi connectivity index (χ0) is 17.7. The van der Waals surface area contributed by atoms with E-state index in [2.05, 4.69) is 10.6 Å². The molecule has 8 nitrogen and oxygen atoms in total. The summed E-state index contributed by atoms with van der Waals surface area (Å²) < 4.78 is 18.1. The van der Waals surface area contributed by atoms with E-state index in [1.54, 1.807) is 6.92 Å². The average Bonchev–Trinajstić information content (AvgIpc) is 3.04. The zero-order valence-corrected chi connectivity index (χ0v) is 12.7. The Kier molecular flexibility index (Phi) is 5.25. The predicted molar refractivity (Wildman–Crippen MR) is 81.2 cm³/mol. The van der Waals surface area contributed by atoms with E-state index in [0.717, 1.165) is 12.1 Å². The molecule has 0 saturated heterocycles. The third-order valence-corrected chi connectivity index (χ3v) is 3.13. The zero-order valence-electron chi connectivity index (χ0n) is 12.7. The van der Waals surface area contributed by atoms with Gasteiger partial charge in [-0.1, -0.05) is 6.07 Å². The number of benzene rings is 1. The van der Waals surface area contributed by atoms with E-state index in [9.17, 15) is 24.1 Å². The molecule has 0 atom stereocenters. The van der Waals surface area contributed by atoms with Crippen LogP contribution in [0.15, 0.2) is 34.7 Å². The van der Waals surface area contributed by atoms with E-state index in [-0.39, 0.29) is 24.4 Å². The summed E-state index contributed by atoms with van der Waals surface area (Å²) in [5.74, 6) is -2.32. The number of carbonyl (C=O) groups is 2. The second-order valence-electron chi connectivity index (χ2n) is 4.87. The van der Waals surface area contributed by atoms with Gasteiger partial charge in [-0.15, -0.1) is 0 Å². The van der Waals surface area contributed by atoms with Crippen LogP contribution in [-0.2, 0) is 0 Å². The maximum absolute atomic E-state index is 13.4. The molecule has 0 radical (unpaired) electrons. The van der Waals surface area contributed by atoms with Crippen molar-refractivity contribution in [3.63, 3.8) is 0 Å². The fourth-order valence-corrected chi connectivity index (χ4v) is 1.82. The molecule has 0 spiro atoms. The van der Waals surface area contributed by atoms with E-state index in [0.29, 0.717) is 5.56 Å². The van der Waals surface area contributed by atoms with E-state index < -0.39 is 28.4 Å². The second kappa shape index (κ2) is 7.36. The van der Waals surface area contributed by atoms with Crippen molar-refractivity contribution in [1.82, 2.24) is 10.6 Å². The van der Waals surface area contributed by atoms with Crippen molar-refractivity contribution in [3.05, 3.63) is 63.2 Å². The van der Waals surface area contributed by atoms with Crippen LogP contribution in [0.4, 0.5) is 10.3 Å². The molecule has 0 bridgehead atoms. The Hall–Kier alpha value is -3.23. The van der Waals surface area contributed by atoms with Gasteiger partial charge in [0.2, 0.25) is 0 Å². The van der Waals surface area contributed by atoms with Crippen molar-refractivity contribution in [2.75, 3.05) is 13.1 Å². The average molecular weight is 335 g/mol. The first-order valence-electron chi connectivity index (χ1n) is 6.95. The van der Waals surface area contributed by atoms with Gasteiger partial charge in [0, 0.05) is 18.7 Å². The Balaban J connectivity index is 1.79. The Morgan fingerprint density at radius 3 is 2.42 bits per heavy atom. The summed E-state index contributed by atoms with van der Waals surface area (Å²) in [5.41, 5.74) is 0.609. The fourth-order valence-electron chi connectivity index (χ4n) is 1.82. The van der Waals surface area contributed by atoms with Crippen molar-refractivity contribution in [2.24, 2.45) is 0 Å². The van der Waals surface area contributed by atoms with Gasteiger partial charge in [0.15, 0.2) is 5.76 Å². The maximum atomic E-state index is 13.4. The smallest absolute Gasteiger partial charge is 0.395 e. The first-order chi connectivity index (χ1) is 11.4. The van der Waals surface area contributed by atoms with Crippen LogP contribution >= 0.6 is 0 Å². The summed E-state index contributed by atoms with van der Waals surface area (Å²) in [6.45, 7) is 1.77. The van der Waals surface area contributed by atoms with Crippen LogP contribution in [0, 0.1) is 22.9 Å². The molecule has 0 saturated carbocycles. The minimum Gasteiger partial charge on any atom is -0.395 e. The maximum Gasteiger partial charge on any atom is 0.433 e. The summed E-state index contributed by atoms with van der Waals surface area (Å²) in [6, 6.07) is 6.37. The quantitative estimate of drug-likeness (QED) is 0.474. The van der Waals surface area contributed by atoms with Crippen LogP contribution < -0.4 is 10.6 Å². The number of amides is 2. The molecular formula is C15H14FN3O5. The lowest BCUT2D eigenvalue weighted by Crippen LogP contribution is -2.34. The van der Waals surface area contributed by atoms with Gasteiger partial charge in [-0.2, -0.15) is 0 Å². The van der Waals surface area contributed by atoms with Gasteiger partial charge < -0.3 is 15.1 Å². The molecule has 2 amide bonds. The highest BCUT2D eigenvalue weighted by molar-refractivity contribution is 5.94. The van der Waals surface area contributed by atoms with Gasteiger partial charge in [0.1, 0.15) is 10.7 Å². The molecule has 1 heterocycles. The molecule has 0 fully saturated rings. The number of rotatable bonds is 6. The Morgan fingerprint density at radius 1 is 1.17 bits per heavy atom. The van der Waals surface area contributed by atoms with Crippen molar-refractivity contribution in [3.8, 4) is 0 Å². The summed E-state index contributed by atoms with van der Waals surface area (Å²) in [6.07, 6.45) is 0. The van der Waals surface area contributed by atoms with E-state index >= 15 is 0 Å². The van der Waals surface area contributed by atoms with Crippen molar-refractivity contribution in [2.45, 2.75) is 6.92 Å². The summed E-state index contributed by atoms with van der Waals surface area (Å²) in [4.78, 5) is 33.2. The molecule has 24 heavy (non-hydrogen) atoms. The molecule has 2 aromatic rings. The lowest BCUT2D eigenvalue weighted by Gasteiger charge is -2.07. The molecule has 1 aromatic carbocycles. The fraction of sp³-hybridized carbons (Fsp3) is 0.200. The third-order valence-electron chi connectivity index (χ3n) is 3.13. The molecule has 0 aliphatic rings. The first-order valence-corrected chi connectivity index (χ1v) is 6.95. The van der Waals surface area contributed by atoms with Gasteiger partial charge in [0.25, 0.3) is 11.8 Å². The molecule has 0 unspecified atom stereocenters. The number of carbonyl (C=O) groups excluding carboxylic acids is 2. The minimum atomic E-state index is -0.752. The number of nitrogens with zero attached hydrogens (tertiary/aromatic N) is 1. The topological polar surface area (TPSA) is 114 Å². The number of nitrogens with one attached hydrogen (secondary N) is 2. The van der Waals surface area contributed by atoms with Crippen LogP contribution in [0.2, 0.25) is 0 Å². The van der Waals surface area contributed by atoms with Gasteiger partial charge in [-0.25, -0.2) is 4.39 Å². The van der Waals surface area contributed by atoms with Crippen molar-refractivity contribution < 1.29 is 23.3 Å². The molecule has 0 aliphatic carbocycles. The number of hydrogen-bond donors (Lipinski definition) is 2. The predicted octanol–water partition coefficient (Wildman–Crippen LogP) is 1.80. The number of aryl methyl sites for hydroxylation is 1. The Bertz CT molecular complexity index is 787. The van der Waals surface area contributed by atoms with Crippen LogP contribution in [0.1, 0.15) is 26.5 Å². The summed E-state index contributed by atoms with van der Waals surface area (Å²) >= 11 is 0. The van der Waals surface area contributed by atoms with Crippen LogP contribution in [0.3, 0.4) is 0 Å². The van der Waals surface area contributed by atoms with Crippen LogP contribution in [-0.4, -0.2) is 29.8 Å². The first kappa shape index (κ1) is 17.1. The number of nitro groups is 1. The molecule has 2 N–H and O–H groups in total. The molecule has 1 aromatic heterocycles. The Labute approximate surface area is 135 Å². The minimum absolute atomic E-state index is 0.0768. The summed E-state index contributed by atoms with van der Waals surface area (Å²) in [5, 5.41) is 15.4. The lowest BCUT2D eigenvalue weighted by molar-refractivity contribution is -0.402. The SMILES string of the molecule is Cc1ccc(C(=O)NCCNC(=O)c2ccc([N+](=O)[O-])o2)cc1F. The van der Waals surface area contributed by atoms with Crippen molar-refractivity contribution >= 4 is 17.7 Å². The summed E-state index contributed by atoms with van der Waals surface area (Å²) in [7, 11) is 0. The van der Waals surface area contributed by atoms with Crippen LogP contribution in [0.25, 0.3) is 0 Å². The number of furan rings is 1. The van der Waals surface area contributed by atoms with E-state index in [1.807, 2.05) is 0 Å². The normalized spacial score (nSPS) is 10.2. The van der Waals surface area contributed by atoms with E-state index in [1.165, 1.54) is 18.2 Å². The largest absolute Gasteiger partial charge is 0.433 e. The van der Waals surface area contributed by atoms with Gasteiger partial charge in [0.05, 0.1) is 6.07 Å². The molecular weight excluding hydrogens is 321 g/mol.